The number of benzene rings is 4. The van der Waals surface area contributed by atoms with Crippen LogP contribution in [0.5, 0.6) is 0 Å². The average molecular weight is 719 g/mol. The summed E-state index contributed by atoms with van der Waals surface area (Å²) >= 11 is 0. The van der Waals surface area contributed by atoms with Crippen molar-refractivity contribution in [1.29, 1.82) is 0 Å². The molecule has 6 rings (SSSR count). The van der Waals surface area contributed by atoms with Crippen molar-refractivity contribution >= 4 is 29.0 Å². The molecule has 0 radical (unpaired) electrons. The summed E-state index contributed by atoms with van der Waals surface area (Å²) in [6.45, 7) is 0. The summed E-state index contributed by atoms with van der Waals surface area (Å²) in [7, 11) is -3.95. The molecule has 44 heavy (non-hydrogen) atoms. The minimum Gasteiger partial charge on any atom is -0.748 e. The van der Waals surface area contributed by atoms with Gasteiger partial charge in [-0.15, -0.1) is 41.5 Å². The van der Waals surface area contributed by atoms with E-state index in [-0.39, 0.29) is 28.3 Å². The summed E-state index contributed by atoms with van der Waals surface area (Å²) < 4.78 is 27.2. The van der Waals surface area contributed by atoms with Gasteiger partial charge in [-0.2, -0.15) is 5.69 Å². The monoisotopic (exact) mass is 718 g/mol. The van der Waals surface area contributed by atoms with Gasteiger partial charge >= 0.3 is 20.4 Å². The van der Waals surface area contributed by atoms with E-state index < -0.39 is 10.1 Å². The second-order valence-corrected chi connectivity index (χ2v) is 15.6. The molecule has 0 amide bonds. The fourth-order valence-electron chi connectivity index (χ4n) is 6.25. The molecule has 0 spiro atoms. The molecule has 236 valence electrons. The zero-order valence-electron chi connectivity index (χ0n) is 25.4. The molecule has 0 saturated heterocycles. The van der Waals surface area contributed by atoms with Crippen molar-refractivity contribution in [3.05, 3.63) is 115 Å². The van der Waals surface area contributed by atoms with Crippen LogP contribution in [0.25, 0.3) is 28.0 Å². The zero-order chi connectivity index (χ0) is 30.5. The second-order valence-electron chi connectivity index (χ2n) is 11.4. The molecule has 4 aromatic carbocycles. The van der Waals surface area contributed by atoms with Crippen molar-refractivity contribution in [2.45, 2.75) is 75.5 Å². The van der Waals surface area contributed by atoms with Crippen LogP contribution in [0.4, 0.5) is 5.69 Å². The standard InChI is InChI=1S/C24H31P.C12H9N.CH4O3S.Pd/c1-4-12-20(13-5-1)23-18-10-11-19-24(23)25(21-14-6-2-7-15-21)22-16-8-3-9-17-22;13-12-9-5-4-8-11(12)10-6-2-1-3-7-10;1-5(2,3)4;/h1,4-5,10-13,18-19,21-22H,2-3,6-9,14-17H2;1-6,8-9,13H;1H3,(H,2,3,4);/q;-2;;+2/p-1. The van der Waals surface area contributed by atoms with Crippen LogP contribution in [0.3, 0.4) is 0 Å². The fraction of sp³-hybridized carbons (Fsp3) is 0.351. The first-order valence-electron chi connectivity index (χ1n) is 15.4. The van der Waals surface area contributed by atoms with Crippen LogP contribution in [0.15, 0.2) is 103 Å². The molecule has 4 nitrogen and oxygen atoms in total. The van der Waals surface area contributed by atoms with Gasteiger partial charge in [-0.1, -0.05) is 125 Å². The number of hydrogen-bond acceptors (Lipinski definition) is 3. The SMILES string of the molecule is CS(=O)(=O)[O-].[NH-]c1ccccc1-c1[c-]cccc1.[Pd+2].c1ccc(-c2ccccc2P(C2CCCCC2)C2CCCCC2)cc1. The van der Waals surface area contributed by atoms with Crippen molar-refractivity contribution in [3.63, 3.8) is 0 Å². The van der Waals surface area contributed by atoms with E-state index in [1.54, 1.807) is 11.4 Å². The van der Waals surface area contributed by atoms with Crippen LogP contribution in [-0.4, -0.2) is 30.5 Å². The van der Waals surface area contributed by atoms with E-state index in [0.29, 0.717) is 11.9 Å². The predicted molar refractivity (Wildman–Crippen MR) is 182 cm³/mol. The third-order valence-electron chi connectivity index (χ3n) is 8.13. The molecule has 1 N–H and O–H groups in total. The summed E-state index contributed by atoms with van der Waals surface area (Å²) in [5.74, 6) is 0. The zero-order valence-corrected chi connectivity index (χ0v) is 28.7. The number of rotatable bonds is 5. The van der Waals surface area contributed by atoms with Gasteiger partial charge in [0.1, 0.15) is 0 Å². The molecule has 4 aromatic rings. The van der Waals surface area contributed by atoms with E-state index in [9.17, 15) is 0 Å². The molecule has 0 aliphatic heterocycles. The van der Waals surface area contributed by atoms with E-state index >= 15 is 0 Å². The maximum Gasteiger partial charge on any atom is 2.00 e. The molecule has 7 heteroatoms. The topological polar surface area (TPSA) is 81.0 Å². The van der Waals surface area contributed by atoms with Crippen LogP contribution in [0, 0.1) is 6.07 Å². The Morgan fingerprint density at radius 1 is 0.682 bits per heavy atom. The molecule has 2 aliphatic carbocycles. The second kappa shape index (κ2) is 18.6. The number of hydrogen-bond donors (Lipinski definition) is 0. The van der Waals surface area contributed by atoms with Gasteiger partial charge in [0.25, 0.3) is 0 Å². The van der Waals surface area contributed by atoms with E-state index in [1.807, 2.05) is 42.5 Å². The van der Waals surface area contributed by atoms with E-state index in [2.05, 4.69) is 60.7 Å². The molecule has 0 aromatic heterocycles. The summed E-state index contributed by atoms with van der Waals surface area (Å²) in [6, 6.07) is 38.9. The maximum absolute atomic E-state index is 9.08. The van der Waals surface area contributed by atoms with Crippen LogP contribution in [0.2, 0.25) is 0 Å². The van der Waals surface area contributed by atoms with Gasteiger partial charge < -0.3 is 10.3 Å². The van der Waals surface area contributed by atoms with Crippen LogP contribution < -0.4 is 5.30 Å². The Bertz CT molecular complexity index is 1460. The average Bonchev–Trinajstić information content (AvgIpc) is 3.03. The first-order chi connectivity index (χ1) is 20.8. The van der Waals surface area contributed by atoms with Gasteiger partial charge in [0.2, 0.25) is 0 Å². The summed E-state index contributed by atoms with van der Waals surface area (Å²) in [6.07, 6.45) is 15.3. The van der Waals surface area contributed by atoms with Gasteiger partial charge in [-0.05, 0) is 53.4 Å². The molecule has 2 fully saturated rings. The predicted octanol–water partition coefficient (Wildman–Crippen LogP) is 10.1. The van der Waals surface area contributed by atoms with Crippen molar-refractivity contribution in [3.8, 4) is 22.3 Å². The third-order valence-corrected chi connectivity index (χ3v) is 11.7. The van der Waals surface area contributed by atoms with Crippen LogP contribution in [-0.2, 0) is 30.5 Å². The van der Waals surface area contributed by atoms with Crippen molar-refractivity contribution in [1.82, 2.24) is 0 Å². The van der Waals surface area contributed by atoms with Gasteiger partial charge in [0, 0.05) is 6.26 Å². The molecule has 0 unspecified atom stereocenters. The number of nitrogens with one attached hydrogen (secondary N) is 1. The minimum absolute atomic E-state index is 0. The maximum atomic E-state index is 9.08. The van der Waals surface area contributed by atoms with Crippen molar-refractivity contribution in [2.75, 3.05) is 6.26 Å². The largest absolute Gasteiger partial charge is 2.00 e. The first kappa shape index (κ1) is 36.2. The summed E-state index contributed by atoms with van der Waals surface area (Å²) in [5.41, 5.74) is 15.0. The van der Waals surface area contributed by atoms with Crippen molar-refractivity contribution < 1.29 is 33.4 Å². The Morgan fingerprint density at radius 3 is 1.68 bits per heavy atom. The third kappa shape index (κ3) is 11.6. The molecule has 0 bridgehead atoms. The van der Waals surface area contributed by atoms with E-state index in [4.69, 9.17) is 18.7 Å². The van der Waals surface area contributed by atoms with E-state index in [0.717, 1.165) is 22.4 Å². The Kier molecular flexibility index (Phi) is 15.3. The van der Waals surface area contributed by atoms with E-state index in [1.165, 1.54) is 75.3 Å². The normalized spacial score (nSPS) is 15.6. The van der Waals surface area contributed by atoms with Gasteiger partial charge in [-0.3, -0.25) is 0 Å². The smallest absolute Gasteiger partial charge is 0.748 e. The van der Waals surface area contributed by atoms with Crippen molar-refractivity contribution in [2.24, 2.45) is 0 Å². The molecule has 0 atom stereocenters. The summed E-state index contributed by atoms with van der Waals surface area (Å²) in [4.78, 5) is 0. The van der Waals surface area contributed by atoms with Crippen LogP contribution >= 0.6 is 7.92 Å². The quantitative estimate of drug-likeness (QED) is 0.0892. The molecule has 2 saturated carbocycles. The van der Waals surface area contributed by atoms with Gasteiger partial charge in [0.15, 0.2) is 0 Å². The molecular weight excluding hydrogens is 676 g/mol. The Hall–Kier alpha value is -2.32. The van der Waals surface area contributed by atoms with Gasteiger partial charge in [0.05, 0.1) is 10.1 Å². The fourth-order valence-corrected chi connectivity index (χ4v) is 10.2. The van der Waals surface area contributed by atoms with Crippen LogP contribution in [0.1, 0.15) is 64.2 Å². The minimum atomic E-state index is -3.92. The first-order valence-corrected chi connectivity index (χ1v) is 18.7. The Balaban J connectivity index is 0.000000233. The molecule has 0 heterocycles. The molecule has 2 aliphatic rings. The van der Waals surface area contributed by atoms with Gasteiger partial charge in [-0.25, -0.2) is 8.42 Å². The summed E-state index contributed by atoms with van der Waals surface area (Å²) in [5, 5.41) is 1.71. The Labute approximate surface area is 280 Å². The Morgan fingerprint density at radius 2 is 1.16 bits per heavy atom. The molecular formula is C37H43NO3PPdS-.